The summed E-state index contributed by atoms with van der Waals surface area (Å²) >= 11 is 1.50. The second-order valence-corrected chi connectivity index (χ2v) is 5.01. The van der Waals surface area contributed by atoms with Crippen LogP contribution < -0.4 is 5.32 Å². The molecule has 1 N–H and O–H groups in total. The van der Waals surface area contributed by atoms with Gasteiger partial charge < -0.3 is 14.8 Å². The zero-order valence-corrected chi connectivity index (χ0v) is 12.5. The van der Waals surface area contributed by atoms with E-state index in [2.05, 4.69) is 10.1 Å². The fraction of sp³-hybridized carbons (Fsp3) is 0.429. The van der Waals surface area contributed by atoms with Crippen molar-refractivity contribution in [3.8, 4) is 0 Å². The van der Waals surface area contributed by atoms with Gasteiger partial charge in [-0.2, -0.15) is 0 Å². The first-order chi connectivity index (χ1) is 9.67. The molecule has 0 aromatic heterocycles. The Bertz CT molecular complexity index is 451. The van der Waals surface area contributed by atoms with Gasteiger partial charge in [0.05, 0.1) is 25.0 Å². The zero-order chi connectivity index (χ0) is 14.8. The van der Waals surface area contributed by atoms with Gasteiger partial charge in [-0.3, -0.25) is 4.79 Å². The van der Waals surface area contributed by atoms with Crippen molar-refractivity contribution in [3.05, 3.63) is 35.4 Å². The van der Waals surface area contributed by atoms with Gasteiger partial charge in [-0.15, -0.1) is 11.8 Å². The smallest absolute Gasteiger partial charge is 0.337 e. The lowest BCUT2D eigenvalue weighted by Crippen LogP contribution is -2.28. The lowest BCUT2D eigenvalue weighted by atomic mass is 10.1. The molecule has 0 heterocycles. The van der Waals surface area contributed by atoms with Crippen LogP contribution in [0.2, 0.25) is 0 Å². The van der Waals surface area contributed by atoms with E-state index < -0.39 is 0 Å². The first-order valence-electron chi connectivity index (χ1n) is 6.18. The molecule has 1 aromatic carbocycles. The molecule has 1 aromatic rings. The SMILES string of the molecule is COCCNC(=O)CSCc1cccc(C(=O)OC)c1. The predicted octanol–water partition coefficient (Wildman–Crippen LogP) is 1.47. The van der Waals surface area contributed by atoms with Crippen LogP contribution in [-0.2, 0) is 20.0 Å². The third kappa shape index (κ3) is 6.08. The summed E-state index contributed by atoms with van der Waals surface area (Å²) in [6.45, 7) is 1.03. The van der Waals surface area contributed by atoms with E-state index in [4.69, 9.17) is 4.74 Å². The number of carbonyl (C=O) groups excluding carboxylic acids is 2. The Morgan fingerprint density at radius 2 is 2.10 bits per heavy atom. The highest BCUT2D eigenvalue weighted by molar-refractivity contribution is 7.99. The molecule has 5 nitrogen and oxygen atoms in total. The van der Waals surface area contributed by atoms with Crippen molar-refractivity contribution in [1.29, 1.82) is 0 Å². The van der Waals surface area contributed by atoms with E-state index in [0.717, 1.165) is 5.56 Å². The number of carbonyl (C=O) groups is 2. The van der Waals surface area contributed by atoms with E-state index in [1.807, 2.05) is 6.07 Å². The molecular weight excluding hydrogens is 278 g/mol. The summed E-state index contributed by atoms with van der Waals surface area (Å²) in [4.78, 5) is 22.9. The third-order valence-electron chi connectivity index (χ3n) is 2.48. The topological polar surface area (TPSA) is 64.6 Å². The number of methoxy groups -OCH3 is 2. The van der Waals surface area contributed by atoms with Crippen LogP contribution in [0.25, 0.3) is 0 Å². The second kappa shape index (κ2) is 9.39. The van der Waals surface area contributed by atoms with E-state index in [-0.39, 0.29) is 11.9 Å². The van der Waals surface area contributed by atoms with E-state index in [1.165, 1.54) is 18.9 Å². The maximum atomic E-state index is 11.5. The zero-order valence-electron chi connectivity index (χ0n) is 11.7. The molecule has 0 saturated carbocycles. The van der Waals surface area contributed by atoms with Crippen LogP contribution in [-0.4, -0.2) is 45.0 Å². The molecule has 0 radical (unpaired) electrons. The normalized spacial score (nSPS) is 10.1. The minimum absolute atomic E-state index is 0.0174. The Hall–Kier alpha value is -1.53. The molecular formula is C14H19NO4S. The van der Waals surface area contributed by atoms with E-state index >= 15 is 0 Å². The van der Waals surface area contributed by atoms with Crippen LogP contribution >= 0.6 is 11.8 Å². The van der Waals surface area contributed by atoms with Crippen LogP contribution in [0.15, 0.2) is 24.3 Å². The number of esters is 1. The molecule has 0 spiro atoms. The van der Waals surface area contributed by atoms with E-state index in [0.29, 0.717) is 30.2 Å². The van der Waals surface area contributed by atoms with Crippen LogP contribution in [0.3, 0.4) is 0 Å². The van der Waals surface area contributed by atoms with Crippen molar-refractivity contribution in [2.75, 3.05) is 33.1 Å². The molecule has 0 bridgehead atoms. The summed E-state index contributed by atoms with van der Waals surface area (Å²) in [6, 6.07) is 7.21. The number of hydrogen-bond acceptors (Lipinski definition) is 5. The van der Waals surface area contributed by atoms with Crippen molar-refractivity contribution in [2.45, 2.75) is 5.75 Å². The van der Waals surface area contributed by atoms with Crippen molar-refractivity contribution in [2.24, 2.45) is 0 Å². The fourth-order valence-corrected chi connectivity index (χ4v) is 2.32. The number of ether oxygens (including phenoxy) is 2. The maximum absolute atomic E-state index is 11.5. The molecule has 0 saturated heterocycles. The summed E-state index contributed by atoms with van der Waals surface area (Å²) in [6.07, 6.45) is 0. The van der Waals surface area contributed by atoms with Gasteiger partial charge in [0.25, 0.3) is 0 Å². The summed E-state index contributed by atoms with van der Waals surface area (Å²) in [5, 5.41) is 2.75. The van der Waals surface area contributed by atoms with Crippen molar-refractivity contribution in [3.63, 3.8) is 0 Å². The minimum Gasteiger partial charge on any atom is -0.465 e. The molecule has 0 fully saturated rings. The predicted molar refractivity (Wildman–Crippen MR) is 78.8 cm³/mol. The lowest BCUT2D eigenvalue weighted by Gasteiger charge is -2.05. The Morgan fingerprint density at radius 1 is 1.30 bits per heavy atom. The summed E-state index contributed by atoms with van der Waals surface area (Å²) in [7, 11) is 2.95. The largest absolute Gasteiger partial charge is 0.465 e. The van der Waals surface area contributed by atoms with Gasteiger partial charge in [0.1, 0.15) is 0 Å². The molecule has 0 unspecified atom stereocenters. The molecule has 110 valence electrons. The Labute approximate surface area is 123 Å². The van der Waals surface area contributed by atoms with Crippen LogP contribution in [0.1, 0.15) is 15.9 Å². The van der Waals surface area contributed by atoms with Gasteiger partial charge in [0.2, 0.25) is 5.91 Å². The quantitative estimate of drug-likeness (QED) is 0.581. The monoisotopic (exact) mass is 297 g/mol. The Morgan fingerprint density at radius 3 is 2.80 bits per heavy atom. The van der Waals surface area contributed by atoms with Crippen LogP contribution in [0.4, 0.5) is 0 Å². The number of nitrogens with one attached hydrogen (secondary N) is 1. The molecule has 20 heavy (non-hydrogen) atoms. The first-order valence-corrected chi connectivity index (χ1v) is 7.33. The molecule has 0 atom stereocenters. The van der Waals surface area contributed by atoms with Crippen molar-refractivity contribution >= 4 is 23.6 Å². The van der Waals surface area contributed by atoms with Crippen LogP contribution in [0.5, 0.6) is 0 Å². The Kier molecular flexibility index (Phi) is 7.75. The van der Waals surface area contributed by atoms with Gasteiger partial charge in [0, 0.05) is 19.4 Å². The highest BCUT2D eigenvalue weighted by atomic mass is 32.2. The van der Waals surface area contributed by atoms with Crippen molar-refractivity contribution in [1.82, 2.24) is 5.32 Å². The fourth-order valence-electron chi connectivity index (χ4n) is 1.51. The molecule has 1 rings (SSSR count). The number of hydrogen-bond donors (Lipinski definition) is 1. The standard InChI is InChI=1S/C14H19NO4S/c1-18-7-6-15-13(16)10-20-9-11-4-3-5-12(8-11)14(17)19-2/h3-5,8H,6-7,9-10H2,1-2H3,(H,15,16). The molecule has 6 heteroatoms. The van der Waals surface area contributed by atoms with Gasteiger partial charge in [-0.05, 0) is 17.7 Å². The maximum Gasteiger partial charge on any atom is 0.337 e. The average molecular weight is 297 g/mol. The summed E-state index contributed by atoms with van der Waals surface area (Å²) < 4.78 is 9.51. The highest BCUT2D eigenvalue weighted by Gasteiger charge is 2.06. The molecule has 1 amide bonds. The molecule has 0 aliphatic rings. The van der Waals surface area contributed by atoms with E-state index in [1.54, 1.807) is 25.3 Å². The number of amides is 1. The number of benzene rings is 1. The van der Waals surface area contributed by atoms with Gasteiger partial charge >= 0.3 is 5.97 Å². The third-order valence-corrected chi connectivity index (χ3v) is 3.48. The number of rotatable bonds is 8. The average Bonchev–Trinajstić information content (AvgIpc) is 2.47. The van der Waals surface area contributed by atoms with Gasteiger partial charge in [0.15, 0.2) is 0 Å². The van der Waals surface area contributed by atoms with E-state index in [9.17, 15) is 9.59 Å². The first kappa shape index (κ1) is 16.5. The Balaban J connectivity index is 2.35. The molecule has 0 aliphatic carbocycles. The van der Waals surface area contributed by atoms with Crippen LogP contribution in [0, 0.1) is 0 Å². The highest BCUT2D eigenvalue weighted by Crippen LogP contribution is 2.14. The number of thioether (sulfide) groups is 1. The minimum atomic E-state index is -0.353. The molecule has 0 aliphatic heterocycles. The van der Waals surface area contributed by atoms with Gasteiger partial charge in [-0.25, -0.2) is 4.79 Å². The summed E-state index contributed by atoms with van der Waals surface area (Å²) in [5.41, 5.74) is 1.51. The lowest BCUT2D eigenvalue weighted by molar-refractivity contribution is -0.118. The summed E-state index contributed by atoms with van der Waals surface area (Å²) in [5.74, 6) is 0.680. The van der Waals surface area contributed by atoms with Gasteiger partial charge in [-0.1, -0.05) is 12.1 Å². The van der Waals surface area contributed by atoms with Crippen molar-refractivity contribution < 1.29 is 19.1 Å². The second-order valence-electron chi connectivity index (χ2n) is 4.03.